The first kappa shape index (κ1) is 15.2. The minimum Gasteiger partial charge on any atom is -0.480 e. The van der Waals surface area contributed by atoms with Gasteiger partial charge in [0.1, 0.15) is 6.04 Å². The fourth-order valence-corrected chi connectivity index (χ4v) is 2.96. The number of rotatable bonds is 6. The summed E-state index contributed by atoms with van der Waals surface area (Å²) in [5.41, 5.74) is 1.45. The molecular formula is C13H15N3O4S. The molecule has 0 radical (unpaired) electrons. The van der Waals surface area contributed by atoms with Gasteiger partial charge in [-0.05, 0) is 19.1 Å². The Morgan fingerprint density at radius 2 is 2.05 bits per heavy atom. The number of carbonyl (C=O) groups is 1. The second-order valence-electron chi connectivity index (χ2n) is 4.61. The quantitative estimate of drug-likeness (QED) is 0.727. The molecule has 1 aromatic heterocycles. The van der Waals surface area contributed by atoms with Gasteiger partial charge in [0.25, 0.3) is 0 Å². The van der Waals surface area contributed by atoms with Crippen molar-refractivity contribution in [3.8, 4) is 0 Å². The van der Waals surface area contributed by atoms with Gasteiger partial charge in [-0.15, -0.1) is 0 Å². The lowest BCUT2D eigenvalue weighted by Gasteiger charge is -2.14. The van der Waals surface area contributed by atoms with Crippen LogP contribution in [0.3, 0.4) is 0 Å². The summed E-state index contributed by atoms with van der Waals surface area (Å²) in [5.74, 6) is -1.25. The molecule has 0 fully saturated rings. The molecular weight excluding hydrogens is 294 g/mol. The third kappa shape index (κ3) is 3.89. The monoisotopic (exact) mass is 309 g/mol. The van der Waals surface area contributed by atoms with Crippen molar-refractivity contribution in [2.75, 3.05) is 0 Å². The topological polar surface area (TPSA) is 112 Å². The summed E-state index contributed by atoms with van der Waals surface area (Å²) < 4.78 is 26.6. The number of hydrogen-bond donors (Lipinski definition) is 3. The number of aliphatic carboxylic acids is 1. The van der Waals surface area contributed by atoms with Crippen molar-refractivity contribution in [3.63, 3.8) is 0 Å². The van der Waals surface area contributed by atoms with Crippen molar-refractivity contribution < 1.29 is 18.3 Å². The number of sulfonamides is 1. The molecule has 0 spiro atoms. The molecule has 0 aliphatic carbocycles. The normalized spacial score (nSPS) is 13.0. The highest BCUT2D eigenvalue weighted by atomic mass is 32.2. The summed E-state index contributed by atoms with van der Waals surface area (Å²) in [5, 5.41) is 9.17. The molecule has 0 saturated heterocycles. The summed E-state index contributed by atoms with van der Waals surface area (Å²) in [6, 6.07) is 4.91. The Kier molecular flexibility index (Phi) is 4.39. The fraction of sp³-hybridized carbons (Fsp3) is 0.231. The number of aromatic amines is 1. The van der Waals surface area contributed by atoms with Gasteiger partial charge in [0.2, 0.25) is 10.0 Å². The zero-order valence-corrected chi connectivity index (χ0v) is 12.1. The van der Waals surface area contributed by atoms with Gasteiger partial charge in [-0.3, -0.25) is 4.79 Å². The predicted octanol–water partition coefficient (Wildman–Crippen LogP) is 0.692. The Balaban J connectivity index is 2.19. The van der Waals surface area contributed by atoms with Gasteiger partial charge in [-0.1, -0.05) is 17.7 Å². The number of carboxylic acid groups (broad SMARTS) is 1. The molecule has 1 heterocycles. The molecule has 2 aromatic rings. The molecule has 3 N–H and O–H groups in total. The molecule has 2 rings (SSSR count). The van der Waals surface area contributed by atoms with Gasteiger partial charge < -0.3 is 10.1 Å². The third-order valence-corrected chi connectivity index (χ3v) is 4.39. The van der Waals surface area contributed by atoms with E-state index < -0.39 is 22.0 Å². The highest BCUT2D eigenvalue weighted by molar-refractivity contribution is 7.89. The van der Waals surface area contributed by atoms with Gasteiger partial charge >= 0.3 is 5.97 Å². The van der Waals surface area contributed by atoms with E-state index in [-0.39, 0.29) is 11.3 Å². The predicted molar refractivity (Wildman–Crippen MR) is 75.2 cm³/mol. The zero-order valence-electron chi connectivity index (χ0n) is 11.3. The molecule has 112 valence electrons. The number of aromatic nitrogens is 2. The number of hydrogen-bond acceptors (Lipinski definition) is 4. The van der Waals surface area contributed by atoms with E-state index in [1.807, 2.05) is 6.92 Å². The molecule has 0 saturated carbocycles. The lowest BCUT2D eigenvalue weighted by molar-refractivity contribution is -0.138. The summed E-state index contributed by atoms with van der Waals surface area (Å²) in [7, 11) is -3.89. The van der Waals surface area contributed by atoms with Crippen LogP contribution in [0.4, 0.5) is 0 Å². The molecule has 0 bridgehead atoms. The molecule has 0 aliphatic rings. The average molecular weight is 309 g/mol. The zero-order chi connectivity index (χ0) is 15.5. The number of nitrogens with one attached hydrogen (secondary N) is 2. The Hall–Kier alpha value is -2.19. The van der Waals surface area contributed by atoms with Crippen molar-refractivity contribution in [3.05, 3.63) is 48.0 Å². The summed E-state index contributed by atoms with van der Waals surface area (Å²) in [6.45, 7) is 1.84. The van der Waals surface area contributed by atoms with E-state index in [0.717, 1.165) is 5.56 Å². The molecule has 1 atom stereocenters. The Morgan fingerprint density at radius 3 is 2.57 bits per heavy atom. The molecule has 8 heteroatoms. The van der Waals surface area contributed by atoms with Crippen molar-refractivity contribution in [2.45, 2.75) is 24.3 Å². The smallest absolute Gasteiger partial charge is 0.322 e. The fourth-order valence-electron chi connectivity index (χ4n) is 1.77. The lowest BCUT2D eigenvalue weighted by atomic mass is 10.2. The summed E-state index contributed by atoms with van der Waals surface area (Å²) >= 11 is 0. The van der Waals surface area contributed by atoms with Gasteiger partial charge in [0.05, 0.1) is 11.2 Å². The maximum absolute atomic E-state index is 12.2. The number of aryl methyl sites for hydroxylation is 1. The van der Waals surface area contributed by atoms with E-state index >= 15 is 0 Å². The van der Waals surface area contributed by atoms with Crippen LogP contribution in [0, 0.1) is 6.92 Å². The van der Waals surface area contributed by atoms with Gasteiger partial charge in [-0.2, -0.15) is 4.72 Å². The second-order valence-corrected chi connectivity index (χ2v) is 6.32. The largest absolute Gasteiger partial charge is 0.480 e. The van der Waals surface area contributed by atoms with Crippen molar-refractivity contribution in [1.82, 2.24) is 14.7 Å². The molecule has 0 aliphatic heterocycles. The summed E-state index contributed by atoms with van der Waals surface area (Å²) in [4.78, 5) is 17.8. The van der Waals surface area contributed by atoms with Crippen LogP contribution >= 0.6 is 0 Å². The first-order chi connectivity index (χ1) is 9.88. The van der Waals surface area contributed by atoms with Crippen LogP contribution in [0.15, 0.2) is 41.7 Å². The number of benzene rings is 1. The van der Waals surface area contributed by atoms with E-state index in [0.29, 0.717) is 5.69 Å². The number of nitrogens with zero attached hydrogens (tertiary/aromatic N) is 1. The van der Waals surface area contributed by atoms with E-state index in [2.05, 4.69) is 14.7 Å². The molecule has 1 aromatic carbocycles. The summed E-state index contributed by atoms with van der Waals surface area (Å²) in [6.07, 6.45) is 2.85. The van der Waals surface area contributed by atoms with Crippen LogP contribution in [0.5, 0.6) is 0 Å². The van der Waals surface area contributed by atoms with E-state index in [1.165, 1.54) is 24.7 Å². The highest BCUT2D eigenvalue weighted by Gasteiger charge is 2.26. The van der Waals surface area contributed by atoms with Crippen molar-refractivity contribution >= 4 is 16.0 Å². The third-order valence-electron chi connectivity index (χ3n) is 2.91. The van der Waals surface area contributed by atoms with Gasteiger partial charge in [0.15, 0.2) is 0 Å². The van der Waals surface area contributed by atoms with Crippen LogP contribution in [0.25, 0.3) is 0 Å². The van der Waals surface area contributed by atoms with Crippen LogP contribution < -0.4 is 4.72 Å². The van der Waals surface area contributed by atoms with Crippen molar-refractivity contribution in [1.29, 1.82) is 0 Å². The Morgan fingerprint density at radius 1 is 1.38 bits per heavy atom. The minimum atomic E-state index is -3.89. The van der Waals surface area contributed by atoms with E-state index in [1.54, 1.807) is 12.1 Å². The van der Waals surface area contributed by atoms with Crippen LogP contribution in [-0.2, 0) is 21.2 Å². The average Bonchev–Trinajstić information content (AvgIpc) is 2.91. The van der Waals surface area contributed by atoms with Crippen LogP contribution in [0.2, 0.25) is 0 Å². The number of imidazole rings is 1. The second kappa shape index (κ2) is 6.06. The maximum Gasteiger partial charge on any atom is 0.322 e. The van der Waals surface area contributed by atoms with Crippen LogP contribution in [0.1, 0.15) is 11.3 Å². The highest BCUT2D eigenvalue weighted by Crippen LogP contribution is 2.11. The first-order valence-corrected chi connectivity index (χ1v) is 7.66. The molecule has 0 unspecified atom stereocenters. The van der Waals surface area contributed by atoms with Gasteiger partial charge in [0, 0.05) is 18.3 Å². The van der Waals surface area contributed by atoms with E-state index in [9.17, 15) is 13.2 Å². The molecule has 0 amide bonds. The lowest BCUT2D eigenvalue weighted by Crippen LogP contribution is -2.42. The maximum atomic E-state index is 12.2. The molecule has 21 heavy (non-hydrogen) atoms. The molecule has 7 nitrogen and oxygen atoms in total. The number of H-pyrrole nitrogens is 1. The Bertz CT molecular complexity index is 708. The van der Waals surface area contributed by atoms with E-state index in [4.69, 9.17) is 5.11 Å². The van der Waals surface area contributed by atoms with Crippen molar-refractivity contribution in [2.24, 2.45) is 0 Å². The number of carboxylic acids is 1. The minimum absolute atomic E-state index is 0.0135. The Labute approximate surface area is 122 Å². The SMILES string of the molecule is Cc1ccc(S(=O)(=O)N[C@@H](Cc2cnc[nH]2)C(=O)O)cc1. The van der Waals surface area contributed by atoms with Crippen LogP contribution in [-0.4, -0.2) is 35.5 Å². The first-order valence-electron chi connectivity index (χ1n) is 6.17. The van der Waals surface area contributed by atoms with Gasteiger partial charge in [-0.25, -0.2) is 13.4 Å². The standard InChI is InChI=1S/C13H15N3O4S/c1-9-2-4-11(5-3-9)21(19,20)16-12(13(17)18)6-10-7-14-8-15-10/h2-5,7-8,12,16H,6H2,1H3,(H,14,15)(H,17,18)/t12-/m0/s1.